The summed E-state index contributed by atoms with van der Waals surface area (Å²) in [5, 5.41) is 12.2. The normalized spacial score (nSPS) is 10.7. The van der Waals surface area contributed by atoms with E-state index < -0.39 is 0 Å². The molecule has 2 aromatic heterocycles. The van der Waals surface area contributed by atoms with Gasteiger partial charge in [-0.25, -0.2) is 4.98 Å². The van der Waals surface area contributed by atoms with Crippen molar-refractivity contribution >= 4 is 11.3 Å². The second-order valence-corrected chi connectivity index (χ2v) is 4.11. The van der Waals surface area contributed by atoms with Crippen molar-refractivity contribution in [2.24, 2.45) is 0 Å². The fraction of sp³-hybridized carbons (Fsp3) is 0.300. The van der Waals surface area contributed by atoms with Crippen LogP contribution in [0.4, 0.5) is 0 Å². The van der Waals surface area contributed by atoms with E-state index in [1.807, 2.05) is 35.2 Å². The van der Waals surface area contributed by atoms with Crippen molar-refractivity contribution in [1.29, 1.82) is 0 Å². The minimum atomic E-state index is 0.0807. The third kappa shape index (κ3) is 1.86. The Balaban J connectivity index is 2.18. The Bertz CT molecular complexity index is 419. The number of nitrogens with zero attached hydrogens (tertiary/aromatic N) is 2. The van der Waals surface area contributed by atoms with Gasteiger partial charge in [-0.3, -0.25) is 0 Å². The highest BCUT2D eigenvalue weighted by Gasteiger charge is 2.02. The highest BCUT2D eigenvalue weighted by molar-refractivity contribution is 7.09. The van der Waals surface area contributed by atoms with Gasteiger partial charge < -0.3 is 9.67 Å². The standard InChI is InChI=1S/C10H12N2OS/c1-8-7-14-10(11-8)5-12-4-2-3-9(12)6-13/h2-4,7,13H,5-6H2,1H3. The van der Waals surface area contributed by atoms with Crippen LogP contribution in [0.1, 0.15) is 16.4 Å². The molecule has 0 saturated carbocycles. The third-order valence-electron chi connectivity index (χ3n) is 2.06. The number of rotatable bonds is 3. The molecule has 0 aromatic carbocycles. The van der Waals surface area contributed by atoms with E-state index in [2.05, 4.69) is 4.98 Å². The van der Waals surface area contributed by atoms with Gasteiger partial charge in [0, 0.05) is 23.0 Å². The van der Waals surface area contributed by atoms with E-state index >= 15 is 0 Å². The summed E-state index contributed by atoms with van der Waals surface area (Å²) in [6.45, 7) is 2.82. The lowest BCUT2D eigenvalue weighted by atomic mass is 10.4. The largest absolute Gasteiger partial charge is 0.390 e. The summed E-state index contributed by atoms with van der Waals surface area (Å²) >= 11 is 1.65. The highest BCUT2D eigenvalue weighted by atomic mass is 32.1. The maximum Gasteiger partial charge on any atom is 0.113 e. The molecule has 0 aliphatic carbocycles. The van der Waals surface area contributed by atoms with E-state index in [1.54, 1.807) is 11.3 Å². The summed E-state index contributed by atoms with van der Waals surface area (Å²) in [5.74, 6) is 0. The highest BCUT2D eigenvalue weighted by Crippen LogP contribution is 2.12. The fourth-order valence-electron chi connectivity index (χ4n) is 1.37. The summed E-state index contributed by atoms with van der Waals surface area (Å²) in [6.07, 6.45) is 1.96. The van der Waals surface area contributed by atoms with Gasteiger partial charge in [-0.15, -0.1) is 11.3 Å². The summed E-state index contributed by atoms with van der Waals surface area (Å²) in [7, 11) is 0. The van der Waals surface area contributed by atoms with Crippen molar-refractivity contribution in [2.45, 2.75) is 20.1 Å². The molecule has 2 rings (SSSR count). The maximum absolute atomic E-state index is 9.05. The molecule has 3 nitrogen and oxygen atoms in total. The van der Waals surface area contributed by atoms with Crippen LogP contribution in [-0.4, -0.2) is 14.7 Å². The van der Waals surface area contributed by atoms with Gasteiger partial charge in [0.25, 0.3) is 0 Å². The first-order chi connectivity index (χ1) is 6.79. The number of hydrogen-bond acceptors (Lipinski definition) is 3. The van der Waals surface area contributed by atoms with Gasteiger partial charge in [-0.2, -0.15) is 0 Å². The summed E-state index contributed by atoms with van der Waals surface area (Å²) in [4.78, 5) is 4.38. The van der Waals surface area contributed by atoms with Crippen LogP contribution in [0.3, 0.4) is 0 Å². The molecule has 2 aromatic rings. The Morgan fingerprint density at radius 3 is 3.07 bits per heavy atom. The minimum absolute atomic E-state index is 0.0807. The van der Waals surface area contributed by atoms with E-state index in [-0.39, 0.29) is 6.61 Å². The van der Waals surface area contributed by atoms with E-state index in [0.29, 0.717) is 0 Å². The fourth-order valence-corrected chi connectivity index (χ4v) is 2.14. The molecule has 0 spiro atoms. The first-order valence-electron chi connectivity index (χ1n) is 4.45. The second kappa shape index (κ2) is 3.94. The SMILES string of the molecule is Cc1csc(Cn2cccc2CO)n1. The molecule has 0 fully saturated rings. The molecule has 0 saturated heterocycles. The Hall–Kier alpha value is -1.13. The van der Waals surface area contributed by atoms with E-state index in [4.69, 9.17) is 5.11 Å². The zero-order valence-electron chi connectivity index (χ0n) is 7.97. The molecular formula is C10H12N2OS. The quantitative estimate of drug-likeness (QED) is 0.835. The van der Waals surface area contributed by atoms with Crippen LogP contribution in [0, 0.1) is 6.92 Å². The summed E-state index contributed by atoms with van der Waals surface area (Å²) in [5.41, 5.74) is 1.99. The van der Waals surface area contributed by atoms with Gasteiger partial charge in [-0.05, 0) is 19.1 Å². The van der Waals surface area contributed by atoms with Gasteiger partial charge in [0.2, 0.25) is 0 Å². The lowest BCUT2D eigenvalue weighted by molar-refractivity contribution is 0.271. The van der Waals surface area contributed by atoms with Crippen molar-refractivity contribution < 1.29 is 5.11 Å². The average Bonchev–Trinajstić information content (AvgIpc) is 2.76. The van der Waals surface area contributed by atoms with Crippen molar-refractivity contribution in [3.05, 3.63) is 40.1 Å². The van der Waals surface area contributed by atoms with Gasteiger partial charge >= 0.3 is 0 Å². The molecule has 2 heterocycles. The van der Waals surface area contributed by atoms with Crippen LogP contribution < -0.4 is 0 Å². The molecule has 0 unspecified atom stereocenters. The molecular weight excluding hydrogens is 196 g/mol. The number of aliphatic hydroxyl groups is 1. The van der Waals surface area contributed by atoms with Crippen molar-refractivity contribution in [1.82, 2.24) is 9.55 Å². The molecule has 1 N–H and O–H groups in total. The molecule has 4 heteroatoms. The van der Waals surface area contributed by atoms with Crippen LogP contribution in [0.5, 0.6) is 0 Å². The predicted octanol–water partition coefficient (Wildman–Crippen LogP) is 1.79. The lowest BCUT2D eigenvalue weighted by Crippen LogP contribution is -2.02. The number of aryl methyl sites for hydroxylation is 1. The van der Waals surface area contributed by atoms with Crippen LogP contribution in [-0.2, 0) is 13.2 Å². The predicted molar refractivity (Wildman–Crippen MR) is 56.3 cm³/mol. The number of thiazole rings is 1. The van der Waals surface area contributed by atoms with E-state index in [9.17, 15) is 0 Å². The van der Waals surface area contributed by atoms with Gasteiger partial charge in [0.15, 0.2) is 0 Å². The number of aliphatic hydroxyl groups excluding tert-OH is 1. The zero-order valence-corrected chi connectivity index (χ0v) is 8.79. The van der Waals surface area contributed by atoms with Crippen LogP contribution in [0.2, 0.25) is 0 Å². The smallest absolute Gasteiger partial charge is 0.113 e. The molecule has 74 valence electrons. The first-order valence-corrected chi connectivity index (χ1v) is 5.33. The van der Waals surface area contributed by atoms with Crippen molar-refractivity contribution in [3.63, 3.8) is 0 Å². The van der Waals surface area contributed by atoms with Crippen LogP contribution in [0.25, 0.3) is 0 Å². The molecule has 14 heavy (non-hydrogen) atoms. The van der Waals surface area contributed by atoms with Gasteiger partial charge in [0.1, 0.15) is 5.01 Å². The van der Waals surface area contributed by atoms with E-state index in [0.717, 1.165) is 22.9 Å². The van der Waals surface area contributed by atoms with Crippen LogP contribution >= 0.6 is 11.3 Å². The van der Waals surface area contributed by atoms with Crippen LogP contribution in [0.15, 0.2) is 23.7 Å². The molecule has 0 radical (unpaired) electrons. The topological polar surface area (TPSA) is 38.0 Å². The molecule has 0 amide bonds. The maximum atomic E-state index is 9.05. The van der Waals surface area contributed by atoms with Gasteiger partial charge in [-0.1, -0.05) is 0 Å². The van der Waals surface area contributed by atoms with E-state index in [1.165, 1.54) is 0 Å². The Kier molecular flexibility index (Phi) is 2.65. The lowest BCUT2D eigenvalue weighted by Gasteiger charge is -2.03. The third-order valence-corrected chi connectivity index (χ3v) is 3.01. The number of hydrogen-bond donors (Lipinski definition) is 1. The molecule has 0 aliphatic rings. The number of aromatic nitrogens is 2. The Morgan fingerprint density at radius 2 is 2.43 bits per heavy atom. The van der Waals surface area contributed by atoms with Gasteiger partial charge in [0.05, 0.1) is 13.2 Å². The Labute approximate surface area is 86.7 Å². The molecule has 0 aliphatic heterocycles. The molecule has 0 bridgehead atoms. The average molecular weight is 208 g/mol. The summed E-state index contributed by atoms with van der Waals surface area (Å²) in [6, 6.07) is 3.85. The van der Waals surface area contributed by atoms with Crippen molar-refractivity contribution in [3.8, 4) is 0 Å². The minimum Gasteiger partial charge on any atom is -0.390 e. The van der Waals surface area contributed by atoms with Crippen molar-refractivity contribution in [2.75, 3.05) is 0 Å². The monoisotopic (exact) mass is 208 g/mol. The second-order valence-electron chi connectivity index (χ2n) is 3.17. The molecule has 0 atom stereocenters. The Morgan fingerprint density at radius 1 is 1.57 bits per heavy atom. The first kappa shape index (κ1) is 9.43. The zero-order chi connectivity index (χ0) is 9.97. The summed E-state index contributed by atoms with van der Waals surface area (Å²) < 4.78 is 2.01.